The van der Waals surface area contributed by atoms with Gasteiger partial charge in [-0.2, -0.15) is 0 Å². The van der Waals surface area contributed by atoms with E-state index in [1.54, 1.807) is 12.2 Å². The molecule has 0 aliphatic heterocycles. The van der Waals surface area contributed by atoms with Crippen molar-refractivity contribution in [2.24, 2.45) is 5.73 Å². The first-order chi connectivity index (χ1) is 4.10. The Balaban J connectivity index is 2.78. The van der Waals surface area contributed by atoms with Gasteiger partial charge in [0.25, 0.3) is 0 Å². The zero-order valence-electron chi connectivity index (χ0n) is 4.77. The van der Waals surface area contributed by atoms with Gasteiger partial charge in [0.1, 0.15) is 4.33 Å². The van der Waals surface area contributed by atoms with Crippen LogP contribution < -0.4 is 5.73 Å². The van der Waals surface area contributed by atoms with Crippen LogP contribution in [0.4, 0.5) is 0 Å². The van der Waals surface area contributed by atoms with Crippen molar-refractivity contribution in [3.8, 4) is 0 Å². The minimum absolute atomic E-state index is 0.631. The SMILES string of the molecule is NC1=CC(Cl)(Cl)CC=C1. The van der Waals surface area contributed by atoms with Gasteiger partial charge in [-0.1, -0.05) is 29.3 Å². The summed E-state index contributed by atoms with van der Waals surface area (Å²) in [5, 5.41) is 0. The fraction of sp³-hybridized carbons (Fsp3) is 0.333. The summed E-state index contributed by atoms with van der Waals surface area (Å²) in [4.78, 5) is 0. The van der Waals surface area contributed by atoms with E-state index in [0.717, 1.165) is 0 Å². The van der Waals surface area contributed by atoms with E-state index in [9.17, 15) is 0 Å². The molecule has 1 rings (SSSR count). The van der Waals surface area contributed by atoms with Gasteiger partial charge in [-0.15, -0.1) is 0 Å². The Hall–Kier alpha value is -0.140. The fourth-order valence-electron chi connectivity index (χ4n) is 0.703. The first-order valence-corrected chi connectivity index (χ1v) is 3.38. The van der Waals surface area contributed by atoms with Gasteiger partial charge in [0.05, 0.1) is 0 Å². The maximum atomic E-state index is 5.72. The molecule has 0 aromatic carbocycles. The molecule has 0 atom stereocenters. The molecule has 0 aromatic rings. The molecular formula is C6H7Cl2N. The highest BCUT2D eigenvalue weighted by Crippen LogP contribution is 2.30. The molecule has 0 spiro atoms. The summed E-state index contributed by atoms with van der Waals surface area (Å²) in [5.74, 6) is 0. The van der Waals surface area contributed by atoms with Crippen molar-refractivity contribution in [3.05, 3.63) is 23.9 Å². The molecule has 0 saturated carbocycles. The maximum absolute atomic E-state index is 5.72. The molecule has 1 aliphatic carbocycles. The van der Waals surface area contributed by atoms with Crippen LogP contribution in [0.3, 0.4) is 0 Å². The Morgan fingerprint density at radius 1 is 1.56 bits per heavy atom. The third-order valence-corrected chi connectivity index (χ3v) is 1.60. The number of allylic oxidation sites excluding steroid dienone is 3. The lowest BCUT2D eigenvalue weighted by molar-refractivity contribution is 0.942. The van der Waals surface area contributed by atoms with Gasteiger partial charge in [-0.3, -0.25) is 0 Å². The van der Waals surface area contributed by atoms with E-state index in [2.05, 4.69) is 0 Å². The number of nitrogens with two attached hydrogens (primary N) is 1. The van der Waals surface area contributed by atoms with Crippen molar-refractivity contribution in [1.29, 1.82) is 0 Å². The minimum Gasteiger partial charge on any atom is -0.399 e. The monoisotopic (exact) mass is 163 g/mol. The quantitative estimate of drug-likeness (QED) is 0.544. The van der Waals surface area contributed by atoms with Crippen molar-refractivity contribution in [1.82, 2.24) is 0 Å². The molecule has 1 nitrogen and oxygen atoms in total. The summed E-state index contributed by atoms with van der Waals surface area (Å²) >= 11 is 11.4. The molecule has 0 aromatic heterocycles. The standard InChI is InChI=1S/C6H7Cl2N/c7-6(8)3-1-2-5(9)4-6/h1-2,4H,3,9H2. The molecule has 9 heavy (non-hydrogen) atoms. The lowest BCUT2D eigenvalue weighted by Crippen LogP contribution is -2.13. The van der Waals surface area contributed by atoms with E-state index in [-0.39, 0.29) is 0 Å². The highest BCUT2D eigenvalue weighted by Gasteiger charge is 2.21. The second-order valence-corrected chi connectivity index (χ2v) is 3.55. The maximum Gasteiger partial charge on any atom is 0.142 e. The number of hydrogen-bond donors (Lipinski definition) is 1. The van der Waals surface area contributed by atoms with Gasteiger partial charge < -0.3 is 5.73 Å². The number of halogens is 2. The van der Waals surface area contributed by atoms with Gasteiger partial charge in [-0.25, -0.2) is 0 Å². The number of rotatable bonds is 0. The van der Waals surface area contributed by atoms with E-state index in [1.807, 2.05) is 6.08 Å². The molecule has 3 heteroatoms. The van der Waals surface area contributed by atoms with Crippen molar-refractivity contribution in [3.63, 3.8) is 0 Å². The second kappa shape index (κ2) is 2.24. The van der Waals surface area contributed by atoms with Crippen LogP contribution in [0.2, 0.25) is 0 Å². The van der Waals surface area contributed by atoms with Gasteiger partial charge in [-0.05, 0) is 12.2 Å². The highest BCUT2D eigenvalue weighted by atomic mass is 35.5. The van der Waals surface area contributed by atoms with Gasteiger partial charge >= 0.3 is 0 Å². The third kappa shape index (κ3) is 1.92. The first-order valence-electron chi connectivity index (χ1n) is 2.63. The minimum atomic E-state index is -0.779. The van der Waals surface area contributed by atoms with Crippen LogP contribution in [-0.2, 0) is 0 Å². The lowest BCUT2D eigenvalue weighted by atomic mass is 10.1. The summed E-state index contributed by atoms with van der Waals surface area (Å²) in [6.45, 7) is 0. The fourth-order valence-corrected chi connectivity index (χ4v) is 1.13. The average Bonchev–Trinajstić information content (AvgIpc) is 1.60. The van der Waals surface area contributed by atoms with Gasteiger partial charge in [0, 0.05) is 12.1 Å². The molecule has 2 N–H and O–H groups in total. The molecule has 0 fully saturated rings. The van der Waals surface area contributed by atoms with E-state index in [0.29, 0.717) is 12.1 Å². The summed E-state index contributed by atoms with van der Waals surface area (Å²) in [5.41, 5.74) is 6.05. The number of hydrogen-bond acceptors (Lipinski definition) is 1. The van der Waals surface area contributed by atoms with E-state index < -0.39 is 4.33 Å². The lowest BCUT2D eigenvalue weighted by Gasteiger charge is -2.15. The smallest absolute Gasteiger partial charge is 0.142 e. The van der Waals surface area contributed by atoms with Crippen molar-refractivity contribution < 1.29 is 0 Å². The summed E-state index contributed by atoms with van der Waals surface area (Å²) in [7, 11) is 0. The molecule has 0 heterocycles. The summed E-state index contributed by atoms with van der Waals surface area (Å²) in [6.07, 6.45) is 5.92. The Kier molecular flexibility index (Phi) is 1.73. The second-order valence-electron chi connectivity index (χ2n) is 2.01. The molecule has 0 bridgehead atoms. The topological polar surface area (TPSA) is 26.0 Å². The first kappa shape index (κ1) is 6.97. The van der Waals surface area contributed by atoms with Crippen LogP contribution in [0.15, 0.2) is 23.9 Å². The molecule has 50 valence electrons. The van der Waals surface area contributed by atoms with E-state index >= 15 is 0 Å². The number of alkyl halides is 2. The molecular weight excluding hydrogens is 157 g/mol. The third-order valence-electron chi connectivity index (χ3n) is 1.08. The van der Waals surface area contributed by atoms with Crippen LogP contribution in [-0.4, -0.2) is 4.33 Å². The highest BCUT2D eigenvalue weighted by molar-refractivity contribution is 6.50. The van der Waals surface area contributed by atoms with E-state index in [4.69, 9.17) is 28.9 Å². The zero-order chi connectivity index (χ0) is 6.91. The van der Waals surface area contributed by atoms with Crippen LogP contribution in [0, 0.1) is 0 Å². The normalized spacial score (nSPS) is 23.6. The van der Waals surface area contributed by atoms with Crippen molar-refractivity contribution in [2.45, 2.75) is 10.8 Å². The molecule has 0 unspecified atom stereocenters. The van der Waals surface area contributed by atoms with Crippen LogP contribution in [0.25, 0.3) is 0 Å². The van der Waals surface area contributed by atoms with Crippen LogP contribution >= 0.6 is 23.2 Å². The Morgan fingerprint density at radius 2 is 2.22 bits per heavy atom. The van der Waals surface area contributed by atoms with Gasteiger partial charge in [0.15, 0.2) is 0 Å². The molecule has 0 radical (unpaired) electrons. The Labute approximate surface area is 64.1 Å². The van der Waals surface area contributed by atoms with Crippen molar-refractivity contribution in [2.75, 3.05) is 0 Å². The largest absolute Gasteiger partial charge is 0.399 e. The average molecular weight is 164 g/mol. The molecule has 0 saturated heterocycles. The predicted molar refractivity (Wildman–Crippen MR) is 40.5 cm³/mol. The van der Waals surface area contributed by atoms with E-state index in [1.165, 1.54) is 0 Å². The Morgan fingerprint density at radius 3 is 2.56 bits per heavy atom. The summed E-state index contributed by atoms with van der Waals surface area (Å²) < 4.78 is -0.779. The van der Waals surface area contributed by atoms with Gasteiger partial charge in [0.2, 0.25) is 0 Å². The molecule has 0 amide bonds. The van der Waals surface area contributed by atoms with Crippen LogP contribution in [0.5, 0.6) is 0 Å². The zero-order valence-corrected chi connectivity index (χ0v) is 6.28. The molecule has 1 aliphatic rings. The Bertz CT molecular complexity index is 170. The summed E-state index contributed by atoms with van der Waals surface area (Å²) in [6, 6.07) is 0. The van der Waals surface area contributed by atoms with Crippen LogP contribution in [0.1, 0.15) is 6.42 Å². The predicted octanol–water partition coefficient (Wildman–Crippen LogP) is 1.96. The van der Waals surface area contributed by atoms with Crippen molar-refractivity contribution >= 4 is 23.2 Å².